The third-order valence-corrected chi connectivity index (χ3v) is 3.41. The SMILES string of the molecule is C[C@H](OC(=O)[C@H](C)Oc1ccc(Cl)cc1)C(=O)Nc1ccccc1. The van der Waals surface area contributed by atoms with Gasteiger partial charge in [-0.2, -0.15) is 0 Å². The third-order valence-electron chi connectivity index (χ3n) is 3.16. The van der Waals surface area contributed by atoms with Gasteiger partial charge in [0.2, 0.25) is 0 Å². The van der Waals surface area contributed by atoms with Crippen LogP contribution in [0, 0.1) is 0 Å². The minimum Gasteiger partial charge on any atom is -0.479 e. The van der Waals surface area contributed by atoms with Crippen LogP contribution in [0.5, 0.6) is 5.75 Å². The zero-order chi connectivity index (χ0) is 17.5. The molecule has 0 saturated heterocycles. The lowest BCUT2D eigenvalue weighted by molar-refractivity contribution is -0.159. The Balaban J connectivity index is 1.85. The molecule has 0 aromatic heterocycles. The van der Waals surface area contributed by atoms with Gasteiger partial charge in [-0.25, -0.2) is 4.79 Å². The summed E-state index contributed by atoms with van der Waals surface area (Å²) in [7, 11) is 0. The van der Waals surface area contributed by atoms with Crippen molar-refractivity contribution in [2.75, 3.05) is 5.32 Å². The zero-order valence-corrected chi connectivity index (χ0v) is 14.1. The average Bonchev–Trinajstić information content (AvgIpc) is 2.57. The molecule has 24 heavy (non-hydrogen) atoms. The molecule has 2 aromatic rings. The lowest BCUT2D eigenvalue weighted by Crippen LogP contribution is -2.35. The van der Waals surface area contributed by atoms with Gasteiger partial charge in [0.15, 0.2) is 12.2 Å². The van der Waals surface area contributed by atoms with Crippen molar-refractivity contribution >= 4 is 29.2 Å². The number of esters is 1. The second-order valence-corrected chi connectivity index (χ2v) is 5.58. The summed E-state index contributed by atoms with van der Waals surface area (Å²) in [4.78, 5) is 24.1. The molecule has 0 aliphatic carbocycles. The molecule has 2 atom stereocenters. The lowest BCUT2D eigenvalue weighted by atomic mass is 10.3. The maximum atomic E-state index is 12.0. The van der Waals surface area contributed by atoms with Gasteiger partial charge in [0.25, 0.3) is 5.91 Å². The van der Waals surface area contributed by atoms with Crippen LogP contribution in [0.4, 0.5) is 5.69 Å². The summed E-state index contributed by atoms with van der Waals surface area (Å²) in [5.74, 6) is -0.542. The second-order valence-electron chi connectivity index (χ2n) is 5.15. The highest BCUT2D eigenvalue weighted by molar-refractivity contribution is 6.30. The first-order chi connectivity index (χ1) is 11.5. The highest BCUT2D eigenvalue weighted by Crippen LogP contribution is 2.17. The van der Waals surface area contributed by atoms with E-state index in [2.05, 4.69) is 5.32 Å². The highest BCUT2D eigenvalue weighted by atomic mass is 35.5. The maximum Gasteiger partial charge on any atom is 0.347 e. The number of hydrogen-bond acceptors (Lipinski definition) is 4. The molecule has 5 nitrogen and oxygen atoms in total. The number of hydrogen-bond donors (Lipinski definition) is 1. The number of carbonyl (C=O) groups is 2. The lowest BCUT2D eigenvalue weighted by Gasteiger charge is -2.17. The van der Waals surface area contributed by atoms with Crippen molar-refractivity contribution in [3.8, 4) is 5.75 Å². The number of ether oxygens (including phenoxy) is 2. The number of para-hydroxylation sites is 1. The van der Waals surface area contributed by atoms with Crippen molar-refractivity contribution in [2.24, 2.45) is 0 Å². The number of carbonyl (C=O) groups excluding carboxylic acids is 2. The van der Waals surface area contributed by atoms with Crippen LogP contribution in [0.3, 0.4) is 0 Å². The number of benzene rings is 2. The van der Waals surface area contributed by atoms with E-state index in [4.69, 9.17) is 21.1 Å². The number of amides is 1. The van der Waals surface area contributed by atoms with Crippen molar-refractivity contribution in [3.63, 3.8) is 0 Å². The molecule has 0 radical (unpaired) electrons. The van der Waals surface area contributed by atoms with Crippen molar-refractivity contribution in [3.05, 3.63) is 59.6 Å². The van der Waals surface area contributed by atoms with Gasteiger partial charge in [0, 0.05) is 10.7 Å². The van der Waals surface area contributed by atoms with E-state index < -0.39 is 24.1 Å². The number of halogens is 1. The van der Waals surface area contributed by atoms with Crippen LogP contribution in [0.2, 0.25) is 5.02 Å². The Kier molecular flexibility index (Phi) is 6.21. The van der Waals surface area contributed by atoms with Crippen molar-refractivity contribution < 1.29 is 19.1 Å². The molecule has 0 spiro atoms. The van der Waals surface area contributed by atoms with E-state index in [0.29, 0.717) is 16.5 Å². The molecular formula is C18H18ClNO4. The smallest absolute Gasteiger partial charge is 0.347 e. The van der Waals surface area contributed by atoms with E-state index in [1.807, 2.05) is 6.07 Å². The molecule has 0 aliphatic rings. The largest absolute Gasteiger partial charge is 0.479 e. The van der Waals surface area contributed by atoms with E-state index in [-0.39, 0.29) is 0 Å². The second kappa shape index (κ2) is 8.36. The van der Waals surface area contributed by atoms with Crippen molar-refractivity contribution in [2.45, 2.75) is 26.1 Å². The predicted molar refractivity (Wildman–Crippen MR) is 92.2 cm³/mol. The van der Waals surface area contributed by atoms with Gasteiger partial charge in [0.1, 0.15) is 5.75 Å². The van der Waals surface area contributed by atoms with E-state index in [1.165, 1.54) is 6.92 Å². The van der Waals surface area contributed by atoms with Gasteiger partial charge in [-0.1, -0.05) is 29.8 Å². The van der Waals surface area contributed by atoms with Crippen LogP contribution in [-0.4, -0.2) is 24.1 Å². The normalized spacial score (nSPS) is 12.8. The van der Waals surface area contributed by atoms with Crippen LogP contribution in [0.25, 0.3) is 0 Å². The summed E-state index contributed by atoms with van der Waals surface area (Å²) >= 11 is 5.79. The molecular weight excluding hydrogens is 330 g/mol. The molecule has 0 fully saturated rings. The predicted octanol–water partition coefficient (Wildman–Crippen LogP) is 3.68. The summed E-state index contributed by atoms with van der Waals surface area (Å²) < 4.78 is 10.6. The minimum atomic E-state index is -0.936. The van der Waals surface area contributed by atoms with Gasteiger partial charge >= 0.3 is 5.97 Å². The summed E-state index contributed by atoms with van der Waals surface area (Å²) in [5.41, 5.74) is 0.635. The summed E-state index contributed by atoms with van der Waals surface area (Å²) in [6.45, 7) is 3.06. The molecule has 6 heteroatoms. The molecule has 0 unspecified atom stereocenters. The number of anilines is 1. The van der Waals surface area contributed by atoms with Gasteiger partial charge in [-0.05, 0) is 50.2 Å². The fourth-order valence-electron chi connectivity index (χ4n) is 1.85. The van der Waals surface area contributed by atoms with Gasteiger partial charge < -0.3 is 14.8 Å². The quantitative estimate of drug-likeness (QED) is 0.810. The van der Waals surface area contributed by atoms with Gasteiger partial charge in [-0.3, -0.25) is 4.79 Å². The Morgan fingerprint density at radius 3 is 2.21 bits per heavy atom. The summed E-state index contributed by atoms with van der Waals surface area (Å²) in [6, 6.07) is 15.6. The van der Waals surface area contributed by atoms with E-state index >= 15 is 0 Å². The van der Waals surface area contributed by atoms with E-state index in [0.717, 1.165) is 0 Å². The Morgan fingerprint density at radius 1 is 0.958 bits per heavy atom. The minimum absolute atomic E-state index is 0.409. The van der Waals surface area contributed by atoms with Gasteiger partial charge in [0.05, 0.1) is 0 Å². The van der Waals surface area contributed by atoms with Crippen LogP contribution in [0.1, 0.15) is 13.8 Å². The molecule has 0 aliphatic heterocycles. The first-order valence-corrected chi connectivity index (χ1v) is 7.82. The molecule has 0 bridgehead atoms. The van der Waals surface area contributed by atoms with E-state index in [9.17, 15) is 9.59 Å². The maximum absolute atomic E-state index is 12.0. The molecule has 0 saturated carbocycles. The van der Waals surface area contributed by atoms with Crippen LogP contribution < -0.4 is 10.1 Å². The molecule has 2 aromatic carbocycles. The number of nitrogens with one attached hydrogen (secondary N) is 1. The number of rotatable bonds is 6. The average molecular weight is 348 g/mol. The van der Waals surface area contributed by atoms with Crippen molar-refractivity contribution in [1.29, 1.82) is 0 Å². The fourth-order valence-corrected chi connectivity index (χ4v) is 1.98. The van der Waals surface area contributed by atoms with Gasteiger partial charge in [-0.15, -0.1) is 0 Å². The van der Waals surface area contributed by atoms with Crippen LogP contribution in [0.15, 0.2) is 54.6 Å². The third kappa shape index (κ3) is 5.28. The monoisotopic (exact) mass is 347 g/mol. The Hall–Kier alpha value is -2.53. The van der Waals surface area contributed by atoms with E-state index in [1.54, 1.807) is 55.5 Å². The topological polar surface area (TPSA) is 64.6 Å². The highest BCUT2D eigenvalue weighted by Gasteiger charge is 2.23. The Bertz CT molecular complexity index is 688. The molecule has 1 amide bonds. The molecule has 126 valence electrons. The first kappa shape index (κ1) is 17.8. The molecule has 1 N–H and O–H groups in total. The standard InChI is InChI=1S/C18H18ClNO4/c1-12(17(21)20-15-6-4-3-5-7-15)24-18(22)13(2)23-16-10-8-14(19)9-11-16/h3-13H,1-2H3,(H,20,21)/t12-,13-/m0/s1. The molecule has 0 heterocycles. The van der Waals surface area contributed by atoms with Crippen LogP contribution in [-0.2, 0) is 14.3 Å². The summed E-state index contributed by atoms with van der Waals surface area (Å²) in [6.07, 6.45) is -1.79. The summed E-state index contributed by atoms with van der Waals surface area (Å²) in [5, 5.41) is 3.24. The first-order valence-electron chi connectivity index (χ1n) is 7.44. The van der Waals surface area contributed by atoms with Crippen molar-refractivity contribution in [1.82, 2.24) is 0 Å². The molecule has 2 rings (SSSR count). The fraction of sp³-hybridized carbons (Fsp3) is 0.222. The Labute approximate surface area is 145 Å². The Morgan fingerprint density at radius 2 is 1.58 bits per heavy atom. The zero-order valence-electron chi connectivity index (χ0n) is 13.4. The van der Waals surface area contributed by atoms with Crippen LogP contribution >= 0.6 is 11.6 Å².